The zero-order valence-electron chi connectivity index (χ0n) is 18.8. The Morgan fingerprint density at radius 1 is 0.655 bits per heavy atom. The van der Waals surface area contributed by atoms with Crippen molar-refractivity contribution in [2.75, 3.05) is 6.54 Å². The van der Waals surface area contributed by atoms with Gasteiger partial charge in [0.25, 0.3) is 0 Å². The van der Waals surface area contributed by atoms with E-state index >= 15 is 0 Å². The highest BCUT2D eigenvalue weighted by Crippen LogP contribution is 2.38. The maximum Gasteiger partial charge on any atom is 0.102 e. The molecule has 2 saturated carbocycles. The first kappa shape index (κ1) is 21.5. The van der Waals surface area contributed by atoms with Gasteiger partial charge >= 0.3 is 0 Å². The molecular formula is C27H45NO. The number of rotatable bonds is 3. The van der Waals surface area contributed by atoms with Crippen molar-refractivity contribution in [2.45, 2.75) is 128 Å². The second-order valence-corrected chi connectivity index (χ2v) is 10.3. The fourth-order valence-electron chi connectivity index (χ4n) is 6.17. The molecule has 1 aliphatic heterocycles. The minimum Gasteiger partial charge on any atom is -0.494 e. The number of allylic oxidation sites excluding steroid dienone is 2. The molecule has 2 heteroatoms. The van der Waals surface area contributed by atoms with Crippen LogP contribution in [-0.2, 0) is 4.74 Å². The molecule has 0 aromatic heterocycles. The highest BCUT2D eigenvalue weighted by Gasteiger charge is 2.32. The van der Waals surface area contributed by atoms with Crippen LogP contribution in [-0.4, -0.2) is 18.7 Å². The van der Waals surface area contributed by atoms with Gasteiger partial charge in [0.2, 0.25) is 0 Å². The Bertz CT molecular complexity index is 537. The number of ether oxygens (including phenoxy) is 1. The standard InChI is InChI=1S/C27H45NO/c1-3-8-14-22(15-9-4-1)23-20-26-25(18-12-5-2-6-13-19-28-26)27(21-23)29-24-16-10-7-11-17-24/h20-22,24-26,28H,1-19H2. The molecular weight excluding hydrogens is 354 g/mol. The average molecular weight is 400 g/mol. The smallest absolute Gasteiger partial charge is 0.102 e. The fourth-order valence-corrected chi connectivity index (χ4v) is 6.17. The first-order valence-electron chi connectivity index (χ1n) is 13.2. The van der Waals surface area contributed by atoms with Crippen LogP contribution in [0.1, 0.15) is 116 Å². The zero-order chi connectivity index (χ0) is 19.7. The molecule has 0 aromatic rings. The Morgan fingerprint density at radius 2 is 1.24 bits per heavy atom. The fraction of sp³-hybridized carbons (Fsp3) is 0.852. The summed E-state index contributed by atoms with van der Waals surface area (Å²) in [6, 6.07) is 0.497. The summed E-state index contributed by atoms with van der Waals surface area (Å²) in [5.41, 5.74) is 1.61. The van der Waals surface area contributed by atoms with Crippen molar-refractivity contribution in [3.05, 3.63) is 23.5 Å². The second kappa shape index (κ2) is 11.6. The van der Waals surface area contributed by atoms with Crippen LogP contribution < -0.4 is 5.32 Å². The van der Waals surface area contributed by atoms with Crippen LogP contribution in [0.3, 0.4) is 0 Å². The molecule has 2 nitrogen and oxygen atoms in total. The molecule has 0 radical (unpaired) electrons. The predicted molar refractivity (Wildman–Crippen MR) is 123 cm³/mol. The second-order valence-electron chi connectivity index (χ2n) is 10.3. The van der Waals surface area contributed by atoms with Crippen molar-refractivity contribution in [1.82, 2.24) is 5.32 Å². The summed E-state index contributed by atoms with van der Waals surface area (Å²) in [5, 5.41) is 3.96. The Morgan fingerprint density at radius 3 is 2.00 bits per heavy atom. The topological polar surface area (TPSA) is 21.3 Å². The van der Waals surface area contributed by atoms with Crippen LogP contribution in [0.4, 0.5) is 0 Å². The van der Waals surface area contributed by atoms with Crippen molar-refractivity contribution < 1.29 is 4.74 Å². The molecule has 3 fully saturated rings. The minimum absolute atomic E-state index is 0.475. The van der Waals surface area contributed by atoms with Crippen LogP contribution in [0, 0.1) is 11.8 Å². The average Bonchev–Trinajstić information content (AvgIpc) is 2.72. The SMILES string of the molecule is C1=C(C2CCCCCCC2)C=C(OC2CCCCC2)C2CCCCCCCNC12. The van der Waals surface area contributed by atoms with E-state index in [1.807, 2.05) is 0 Å². The van der Waals surface area contributed by atoms with Gasteiger partial charge in [-0.25, -0.2) is 0 Å². The molecule has 4 aliphatic rings. The van der Waals surface area contributed by atoms with Crippen LogP contribution in [0.2, 0.25) is 0 Å². The zero-order valence-corrected chi connectivity index (χ0v) is 18.8. The predicted octanol–water partition coefficient (Wildman–Crippen LogP) is 7.45. The van der Waals surface area contributed by atoms with E-state index in [9.17, 15) is 0 Å². The lowest BCUT2D eigenvalue weighted by atomic mass is 9.78. The van der Waals surface area contributed by atoms with Crippen LogP contribution in [0.25, 0.3) is 0 Å². The van der Waals surface area contributed by atoms with Gasteiger partial charge in [-0.05, 0) is 75.5 Å². The van der Waals surface area contributed by atoms with Crippen molar-refractivity contribution in [2.24, 2.45) is 11.8 Å². The van der Waals surface area contributed by atoms with E-state index in [1.54, 1.807) is 5.57 Å². The van der Waals surface area contributed by atoms with Gasteiger partial charge in [0, 0.05) is 12.0 Å². The van der Waals surface area contributed by atoms with Gasteiger partial charge in [0.15, 0.2) is 0 Å². The van der Waals surface area contributed by atoms with Crippen molar-refractivity contribution >= 4 is 0 Å². The summed E-state index contributed by atoms with van der Waals surface area (Å²) in [4.78, 5) is 0. The number of nitrogens with one attached hydrogen (secondary N) is 1. The molecule has 164 valence electrons. The maximum absolute atomic E-state index is 6.83. The molecule has 1 saturated heterocycles. The lowest BCUT2D eigenvalue weighted by Crippen LogP contribution is -2.40. The van der Waals surface area contributed by atoms with E-state index in [4.69, 9.17) is 4.74 Å². The largest absolute Gasteiger partial charge is 0.494 e. The van der Waals surface area contributed by atoms with Gasteiger partial charge < -0.3 is 10.1 Å². The van der Waals surface area contributed by atoms with Gasteiger partial charge in [-0.3, -0.25) is 0 Å². The maximum atomic E-state index is 6.83. The van der Waals surface area contributed by atoms with Crippen molar-refractivity contribution in [3.8, 4) is 0 Å². The first-order valence-corrected chi connectivity index (χ1v) is 13.2. The monoisotopic (exact) mass is 399 g/mol. The Balaban J connectivity index is 1.54. The van der Waals surface area contributed by atoms with Crippen molar-refractivity contribution in [1.29, 1.82) is 0 Å². The quantitative estimate of drug-likeness (QED) is 0.532. The summed E-state index contributed by atoms with van der Waals surface area (Å²) in [5.74, 6) is 2.68. The molecule has 1 N–H and O–H groups in total. The van der Waals surface area contributed by atoms with Crippen molar-refractivity contribution in [3.63, 3.8) is 0 Å². The number of hydrogen-bond acceptors (Lipinski definition) is 2. The molecule has 2 atom stereocenters. The van der Waals surface area contributed by atoms with Crippen LogP contribution in [0.5, 0.6) is 0 Å². The van der Waals surface area contributed by atoms with E-state index in [1.165, 1.54) is 128 Å². The lowest BCUT2D eigenvalue weighted by Gasteiger charge is -2.37. The minimum atomic E-state index is 0.475. The van der Waals surface area contributed by atoms with Gasteiger partial charge in [0.1, 0.15) is 5.76 Å². The molecule has 0 spiro atoms. The molecule has 1 heterocycles. The van der Waals surface area contributed by atoms with Gasteiger partial charge in [-0.2, -0.15) is 0 Å². The van der Waals surface area contributed by atoms with Gasteiger partial charge in [-0.1, -0.05) is 70.3 Å². The first-order chi connectivity index (χ1) is 14.4. The molecule has 0 amide bonds. The van der Waals surface area contributed by atoms with Gasteiger partial charge in [-0.15, -0.1) is 0 Å². The van der Waals surface area contributed by atoms with E-state index in [2.05, 4.69) is 17.5 Å². The summed E-state index contributed by atoms with van der Waals surface area (Å²) in [6.45, 7) is 1.17. The van der Waals surface area contributed by atoms with E-state index in [0.29, 0.717) is 18.1 Å². The van der Waals surface area contributed by atoms with E-state index in [0.717, 1.165) is 5.92 Å². The molecule has 4 rings (SSSR count). The highest BCUT2D eigenvalue weighted by atomic mass is 16.5. The third-order valence-electron chi connectivity index (χ3n) is 7.98. The third kappa shape index (κ3) is 6.36. The van der Waals surface area contributed by atoms with Gasteiger partial charge in [0.05, 0.1) is 6.10 Å². The molecule has 29 heavy (non-hydrogen) atoms. The highest BCUT2D eigenvalue weighted by molar-refractivity contribution is 5.33. The summed E-state index contributed by atoms with van der Waals surface area (Å²) >= 11 is 0. The number of hydrogen-bond donors (Lipinski definition) is 1. The Hall–Kier alpha value is -0.760. The van der Waals surface area contributed by atoms with Crippen LogP contribution >= 0.6 is 0 Å². The molecule has 3 aliphatic carbocycles. The molecule has 0 bridgehead atoms. The Kier molecular flexibility index (Phi) is 8.58. The summed E-state index contributed by atoms with van der Waals surface area (Å²) in [6.07, 6.45) is 30.4. The molecule has 2 unspecified atom stereocenters. The number of fused-ring (bicyclic) bond motifs is 1. The summed E-state index contributed by atoms with van der Waals surface area (Å²) in [7, 11) is 0. The summed E-state index contributed by atoms with van der Waals surface area (Å²) < 4.78 is 6.83. The van der Waals surface area contributed by atoms with E-state index < -0.39 is 0 Å². The normalized spacial score (nSPS) is 31.6. The third-order valence-corrected chi connectivity index (χ3v) is 7.98. The molecule has 0 aromatic carbocycles. The van der Waals surface area contributed by atoms with Crippen LogP contribution in [0.15, 0.2) is 23.5 Å². The van der Waals surface area contributed by atoms with E-state index in [-0.39, 0.29) is 0 Å². The lowest BCUT2D eigenvalue weighted by molar-refractivity contribution is 0.0561. The Labute approximate surface area is 179 Å².